The number of amides is 1. The Labute approximate surface area is 147 Å². The van der Waals surface area contributed by atoms with Gasteiger partial charge in [0.25, 0.3) is 0 Å². The standard InChI is InChI=1S/C20H34N2O2/c1-6-20(4,17-12-9-10-13-18(17)24-5)16-19(23)21-14-11-15-22(7-2)8-3/h9-10,12-13H,6-8,11,14-16H2,1-5H3,(H,21,23)/t20-/m0/s1. The number of carbonyl (C=O) groups is 1. The van der Waals surface area contributed by atoms with Gasteiger partial charge in [-0.2, -0.15) is 0 Å². The highest BCUT2D eigenvalue weighted by Crippen LogP contribution is 2.37. The summed E-state index contributed by atoms with van der Waals surface area (Å²) in [6, 6.07) is 8.00. The molecular weight excluding hydrogens is 300 g/mol. The first kappa shape index (κ1) is 20.5. The Kier molecular flexibility index (Phi) is 8.83. The minimum absolute atomic E-state index is 0.116. The fourth-order valence-electron chi connectivity index (χ4n) is 3.04. The Morgan fingerprint density at radius 1 is 1.21 bits per heavy atom. The van der Waals surface area contributed by atoms with Crippen molar-refractivity contribution in [3.63, 3.8) is 0 Å². The van der Waals surface area contributed by atoms with Crippen molar-refractivity contribution in [1.29, 1.82) is 0 Å². The first-order chi connectivity index (χ1) is 11.5. The normalized spacial score (nSPS) is 13.6. The van der Waals surface area contributed by atoms with Crippen LogP contribution in [0.15, 0.2) is 24.3 Å². The van der Waals surface area contributed by atoms with Crippen LogP contribution in [0.4, 0.5) is 0 Å². The molecule has 0 unspecified atom stereocenters. The number of nitrogens with one attached hydrogen (secondary N) is 1. The second-order valence-corrected chi connectivity index (χ2v) is 6.52. The lowest BCUT2D eigenvalue weighted by molar-refractivity contribution is -0.122. The summed E-state index contributed by atoms with van der Waals surface area (Å²) in [7, 11) is 1.68. The minimum Gasteiger partial charge on any atom is -0.496 e. The molecule has 0 saturated heterocycles. The van der Waals surface area contributed by atoms with E-state index < -0.39 is 0 Å². The van der Waals surface area contributed by atoms with Gasteiger partial charge in [0.15, 0.2) is 0 Å². The molecule has 1 aromatic carbocycles. The van der Waals surface area contributed by atoms with E-state index in [-0.39, 0.29) is 11.3 Å². The van der Waals surface area contributed by atoms with Gasteiger partial charge in [0, 0.05) is 23.9 Å². The van der Waals surface area contributed by atoms with Crippen LogP contribution in [0.1, 0.15) is 52.5 Å². The molecule has 4 heteroatoms. The van der Waals surface area contributed by atoms with E-state index >= 15 is 0 Å². The number of hydrogen-bond acceptors (Lipinski definition) is 3. The lowest BCUT2D eigenvalue weighted by atomic mass is 9.76. The van der Waals surface area contributed by atoms with Gasteiger partial charge in [0.05, 0.1) is 7.11 Å². The molecule has 136 valence electrons. The van der Waals surface area contributed by atoms with Crippen molar-refractivity contribution in [2.75, 3.05) is 33.3 Å². The number of carbonyl (C=O) groups excluding carboxylic acids is 1. The fraction of sp³-hybridized carbons (Fsp3) is 0.650. The zero-order chi connectivity index (χ0) is 18.0. The predicted octanol–water partition coefficient (Wildman–Crippen LogP) is 3.60. The molecule has 0 bridgehead atoms. The van der Waals surface area contributed by atoms with E-state index in [1.807, 2.05) is 18.2 Å². The second-order valence-electron chi connectivity index (χ2n) is 6.52. The molecule has 0 heterocycles. The van der Waals surface area contributed by atoms with E-state index in [1.54, 1.807) is 7.11 Å². The highest BCUT2D eigenvalue weighted by molar-refractivity contribution is 5.77. The molecule has 1 N–H and O–H groups in total. The molecule has 4 nitrogen and oxygen atoms in total. The Morgan fingerprint density at radius 2 is 1.88 bits per heavy atom. The van der Waals surface area contributed by atoms with Gasteiger partial charge in [-0.3, -0.25) is 4.79 Å². The van der Waals surface area contributed by atoms with Gasteiger partial charge in [-0.15, -0.1) is 0 Å². The molecular formula is C20H34N2O2. The monoisotopic (exact) mass is 334 g/mol. The number of rotatable bonds is 11. The third kappa shape index (κ3) is 5.82. The molecule has 1 amide bonds. The summed E-state index contributed by atoms with van der Waals surface area (Å²) in [5.74, 6) is 0.973. The first-order valence-electron chi connectivity index (χ1n) is 9.13. The Bertz CT molecular complexity index is 500. The summed E-state index contributed by atoms with van der Waals surface area (Å²) >= 11 is 0. The van der Waals surface area contributed by atoms with E-state index in [9.17, 15) is 4.79 Å². The largest absolute Gasteiger partial charge is 0.496 e. The van der Waals surface area contributed by atoms with Gasteiger partial charge in [-0.25, -0.2) is 0 Å². The molecule has 0 saturated carbocycles. The van der Waals surface area contributed by atoms with Gasteiger partial charge in [0.2, 0.25) is 5.91 Å². The average molecular weight is 335 g/mol. The van der Waals surface area contributed by atoms with Crippen LogP contribution in [0.2, 0.25) is 0 Å². The van der Waals surface area contributed by atoms with Gasteiger partial charge >= 0.3 is 0 Å². The molecule has 0 aliphatic carbocycles. The van der Waals surface area contributed by atoms with Crippen molar-refractivity contribution >= 4 is 5.91 Å². The smallest absolute Gasteiger partial charge is 0.220 e. The maximum absolute atomic E-state index is 12.4. The van der Waals surface area contributed by atoms with Crippen molar-refractivity contribution in [2.24, 2.45) is 0 Å². The third-order valence-corrected chi connectivity index (χ3v) is 4.96. The molecule has 0 aliphatic rings. The average Bonchev–Trinajstić information content (AvgIpc) is 2.61. The number of methoxy groups -OCH3 is 1. The van der Waals surface area contributed by atoms with E-state index in [0.717, 1.165) is 50.3 Å². The molecule has 0 aromatic heterocycles. The van der Waals surface area contributed by atoms with Crippen molar-refractivity contribution in [3.8, 4) is 5.75 Å². The molecule has 0 radical (unpaired) electrons. The van der Waals surface area contributed by atoms with Gasteiger partial charge < -0.3 is 15.0 Å². The molecule has 24 heavy (non-hydrogen) atoms. The molecule has 0 aliphatic heterocycles. The van der Waals surface area contributed by atoms with Crippen LogP contribution in [0, 0.1) is 0 Å². The third-order valence-electron chi connectivity index (χ3n) is 4.96. The number of hydrogen-bond donors (Lipinski definition) is 1. The molecule has 0 fully saturated rings. The lowest BCUT2D eigenvalue weighted by Gasteiger charge is -2.30. The highest BCUT2D eigenvalue weighted by atomic mass is 16.5. The van der Waals surface area contributed by atoms with Gasteiger partial charge in [-0.05, 0) is 38.5 Å². The molecule has 1 aromatic rings. The van der Waals surface area contributed by atoms with Crippen LogP contribution in [0.5, 0.6) is 5.75 Å². The number of nitrogens with zero attached hydrogens (tertiary/aromatic N) is 1. The van der Waals surface area contributed by atoms with Gasteiger partial charge in [-0.1, -0.05) is 45.9 Å². The van der Waals surface area contributed by atoms with Crippen molar-refractivity contribution in [3.05, 3.63) is 29.8 Å². The van der Waals surface area contributed by atoms with Crippen molar-refractivity contribution in [2.45, 2.75) is 52.4 Å². The topological polar surface area (TPSA) is 41.6 Å². The number of benzene rings is 1. The maximum Gasteiger partial charge on any atom is 0.220 e. The van der Waals surface area contributed by atoms with E-state index in [4.69, 9.17) is 4.74 Å². The Hall–Kier alpha value is -1.55. The Balaban J connectivity index is 2.59. The Morgan fingerprint density at radius 3 is 2.46 bits per heavy atom. The van der Waals surface area contributed by atoms with Crippen LogP contribution >= 0.6 is 0 Å². The molecule has 0 spiro atoms. The van der Waals surface area contributed by atoms with Crippen LogP contribution in [-0.2, 0) is 10.2 Å². The van der Waals surface area contributed by atoms with Crippen LogP contribution in [-0.4, -0.2) is 44.1 Å². The van der Waals surface area contributed by atoms with Crippen LogP contribution in [0.25, 0.3) is 0 Å². The summed E-state index contributed by atoms with van der Waals surface area (Å²) in [6.45, 7) is 12.5. The zero-order valence-corrected chi connectivity index (χ0v) is 16.0. The number of ether oxygens (including phenoxy) is 1. The van der Waals surface area contributed by atoms with Crippen molar-refractivity contribution < 1.29 is 9.53 Å². The summed E-state index contributed by atoms with van der Waals surface area (Å²) in [5, 5.41) is 3.08. The van der Waals surface area contributed by atoms with E-state index in [2.05, 4.69) is 44.0 Å². The van der Waals surface area contributed by atoms with Gasteiger partial charge in [0.1, 0.15) is 5.75 Å². The molecule has 1 atom stereocenters. The minimum atomic E-state index is -0.213. The SMILES string of the molecule is CCN(CC)CCCNC(=O)C[C@](C)(CC)c1ccccc1OC. The van der Waals surface area contributed by atoms with Crippen LogP contribution in [0.3, 0.4) is 0 Å². The van der Waals surface area contributed by atoms with E-state index in [0.29, 0.717) is 6.42 Å². The highest BCUT2D eigenvalue weighted by Gasteiger charge is 2.30. The molecule has 1 rings (SSSR count). The predicted molar refractivity (Wildman–Crippen MR) is 101 cm³/mol. The fourth-order valence-corrected chi connectivity index (χ4v) is 3.04. The summed E-state index contributed by atoms with van der Waals surface area (Å²) < 4.78 is 5.49. The first-order valence-corrected chi connectivity index (χ1v) is 9.13. The lowest BCUT2D eigenvalue weighted by Crippen LogP contribution is -2.34. The quantitative estimate of drug-likeness (QED) is 0.629. The number of para-hydroxylation sites is 1. The zero-order valence-electron chi connectivity index (χ0n) is 16.0. The maximum atomic E-state index is 12.4. The summed E-state index contributed by atoms with van der Waals surface area (Å²) in [4.78, 5) is 14.8. The summed E-state index contributed by atoms with van der Waals surface area (Å²) in [5.41, 5.74) is 0.892. The van der Waals surface area contributed by atoms with Crippen molar-refractivity contribution in [1.82, 2.24) is 10.2 Å². The second kappa shape index (κ2) is 10.3. The van der Waals surface area contributed by atoms with Crippen LogP contribution < -0.4 is 10.1 Å². The van der Waals surface area contributed by atoms with E-state index in [1.165, 1.54) is 0 Å². The summed E-state index contributed by atoms with van der Waals surface area (Å²) in [6.07, 6.45) is 2.36.